The lowest BCUT2D eigenvalue weighted by atomic mass is 10.1. The molecule has 0 saturated carbocycles. The molecule has 1 atom stereocenters. The number of thioether (sulfide) groups is 1. The van der Waals surface area contributed by atoms with Crippen molar-refractivity contribution in [3.05, 3.63) is 40.4 Å². The normalized spacial score (nSPS) is 16.9. The van der Waals surface area contributed by atoms with Crippen LogP contribution in [-0.2, 0) is 11.2 Å². The average Bonchev–Trinajstić information content (AvgIpc) is 2.84. The van der Waals surface area contributed by atoms with Crippen LogP contribution >= 0.6 is 11.8 Å². The molecule has 0 aromatic heterocycles. The smallest absolute Gasteiger partial charge is 0.167 e. The van der Waals surface area contributed by atoms with Gasteiger partial charge in [0.25, 0.3) is 0 Å². The van der Waals surface area contributed by atoms with E-state index in [1.807, 2.05) is 26.0 Å². The van der Waals surface area contributed by atoms with Crippen LogP contribution < -0.4 is 5.73 Å². The van der Waals surface area contributed by atoms with Crippen molar-refractivity contribution in [2.24, 2.45) is 0 Å². The van der Waals surface area contributed by atoms with Crippen molar-refractivity contribution in [2.75, 3.05) is 18.9 Å². The average molecular weight is 351 g/mol. The SMILES string of the molecule is CC(=O)C1=C(C)N(CCO)C(C)S1.CCCCc1ccc(N)cc1. The summed E-state index contributed by atoms with van der Waals surface area (Å²) < 4.78 is 0. The van der Waals surface area contributed by atoms with Crippen LogP contribution in [0.2, 0.25) is 0 Å². The molecule has 1 aromatic carbocycles. The second kappa shape index (κ2) is 10.4. The molecule has 5 heteroatoms. The van der Waals surface area contributed by atoms with Crippen LogP contribution in [-0.4, -0.2) is 34.3 Å². The lowest BCUT2D eigenvalue weighted by Gasteiger charge is -2.23. The summed E-state index contributed by atoms with van der Waals surface area (Å²) >= 11 is 1.57. The summed E-state index contributed by atoms with van der Waals surface area (Å²) in [7, 11) is 0. The molecular formula is C19H30N2O2S. The lowest BCUT2D eigenvalue weighted by molar-refractivity contribution is -0.113. The lowest BCUT2D eigenvalue weighted by Crippen LogP contribution is -2.28. The van der Waals surface area contributed by atoms with E-state index in [1.54, 1.807) is 18.7 Å². The molecule has 4 nitrogen and oxygen atoms in total. The molecule has 0 fully saturated rings. The van der Waals surface area contributed by atoms with Gasteiger partial charge >= 0.3 is 0 Å². The molecule has 1 aliphatic heterocycles. The maximum absolute atomic E-state index is 11.2. The number of benzene rings is 1. The van der Waals surface area contributed by atoms with Gasteiger partial charge in [-0.2, -0.15) is 0 Å². The third-order valence-electron chi connectivity index (χ3n) is 3.95. The first-order valence-electron chi connectivity index (χ1n) is 8.51. The van der Waals surface area contributed by atoms with E-state index in [2.05, 4.69) is 24.0 Å². The third kappa shape index (κ3) is 6.21. The van der Waals surface area contributed by atoms with Gasteiger partial charge < -0.3 is 15.7 Å². The van der Waals surface area contributed by atoms with Crippen LogP contribution in [0.5, 0.6) is 0 Å². The number of nitrogens with two attached hydrogens (primary N) is 1. The minimum absolute atomic E-state index is 0.120. The number of carbonyl (C=O) groups excluding carboxylic acids is 1. The predicted octanol–water partition coefficient (Wildman–Crippen LogP) is 3.81. The van der Waals surface area contributed by atoms with Gasteiger partial charge in [-0.3, -0.25) is 4.79 Å². The number of aliphatic hydroxyl groups excluding tert-OH is 1. The van der Waals surface area contributed by atoms with E-state index in [-0.39, 0.29) is 17.8 Å². The Kier molecular flexibility index (Phi) is 8.93. The molecule has 24 heavy (non-hydrogen) atoms. The zero-order valence-electron chi connectivity index (χ0n) is 15.2. The number of hydrogen-bond donors (Lipinski definition) is 2. The Morgan fingerprint density at radius 3 is 2.42 bits per heavy atom. The third-order valence-corrected chi connectivity index (χ3v) is 5.36. The van der Waals surface area contributed by atoms with Crippen LogP contribution in [0.1, 0.15) is 46.1 Å². The number of nitrogen functional groups attached to an aromatic ring is 1. The van der Waals surface area contributed by atoms with Gasteiger partial charge in [0.1, 0.15) is 0 Å². The number of allylic oxidation sites excluding steroid dienone is 2. The van der Waals surface area contributed by atoms with Gasteiger partial charge in [-0.25, -0.2) is 0 Å². The molecule has 0 amide bonds. The first-order valence-corrected chi connectivity index (χ1v) is 9.39. The number of unbranched alkanes of at least 4 members (excludes halogenated alkanes) is 1. The highest BCUT2D eigenvalue weighted by molar-refractivity contribution is 8.04. The molecular weight excluding hydrogens is 320 g/mol. The monoisotopic (exact) mass is 350 g/mol. The van der Waals surface area contributed by atoms with Crippen molar-refractivity contribution >= 4 is 23.2 Å². The fourth-order valence-corrected chi connectivity index (χ4v) is 3.77. The highest BCUT2D eigenvalue weighted by atomic mass is 32.2. The number of β-amino-alcohol motifs (C(OH)–C–C–N with tert-alkyl or cyclic N) is 1. The number of carbonyl (C=O) groups is 1. The second-order valence-corrected chi connectivity index (χ2v) is 7.28. The van der Waals surface area contributed by atoms with E-state index in [0.717, 1.165) is 16.3 Å². The predicted molar refractivity (Wildman–Crippen MR) is 104 cm³/mol. The Hall–Kier alpha value is -1.46. The number of rotatable bonds is 6. The summed E-state index contributed by atoms with van der Waals surface area (Å²) in [4.78, 5) is 14.1. The summed E-state index contributed by atoms with van der Waals surface area (Å²) in [5.74, 6) is 0.120. The van der Waals surface area contributed by atoms with Gasteiger partial charge in [0.15, 0.2) is 5.78 Å². The molecule has 1 heterocycles. The molecule has 0 saturated heterocycles. The van der Waals surface area contributed by atoms with E-state index < -0.39 is 0 Å². The fourth-order valence-electron chi connectivity index (χ4n) is 2.58. The van der Waals surface area contributed by atoms with Crippen molar-refractivity contribution < 1.29 is 9.90 Å². The summed E-state index contributed by atoms with van der Waals surface area (Å²) in [6, 6.07) is 8.13. The van der Waals surface area contributed by atoms with Crippen molar-refractivity contribution in [3.8, 4) is 0 Å². The van der Waals surface area contributed by atoms with Crippen molar-refractivity contribution in [2.45, 2.75) is 52.3 Å². The summed E-state index contributed by atoms with van der Waals surface area (Å²) in [6.45, 7) is 8.51. The minimum Gasteiger partial charge on any atom is -0.399 e. The Labute approximate surface area is 150 Å². The first-order chi connectivity index (χ1) is 11.4. The number of nitrogens with zero attached hydrogens (tertiary/aromatic N) is 1. The van der Waals surface area contributed by atoms with E-state index in [9.17, 15) is 4.79 Å². The fraction of sp³-hybridized carbons (Fsp3) is 0.526. The van der Waals surface area contributed by atoms with Crippen LogP contribution in [0.15, 0.2) is 34.9 Å². The summed E-state index contributed by atoms with van der Waals surface area (Å²) in [5, 5.41) is 9.10. The van der Waals surface area contributed by atoms with Crippen molar-refractivity contribution in [3.63, 3.8) is 0 Å². The topological polar surface area (TPSA) is 66.6 Å². The van der Waals surface area contributed by atoms with Gasteiger partial charge in [-0.05, 0) is 51.3 Å². The number of anilines is 1. The van der Waals surface area contributed by atoms with Crippen LogP contribution in [0.4, 0.5) is 5.69 Å². The molecule has 0 spiro atoms. The van der Waals surface area contributed by atoms with E-state index in [0.29, 0.717) is 6.54 Å². The summed E-state index contributed by atoms with van der Waals surface area (Å²) in [5.41, 5.74) is 8.80. The Morgan fingerprint density at radius 2 is 1.96 bits per heavy atom. The van der Waals surface area contributed by atoms with Crippen LogP contribution in [0.25, 0.3) is 0 Å². The van der Waals surface area contributed by atoms with Gasteiger partial charge in [0.2, 0.25) is 0 Å². The number of aliphatic hydroxyl groups is 1. The molecule has 1 aromatic rings. The highest BCUT2D eigenvalue weighted by Crippen LogP contribution is 2.37. The Morgan fingerprint density at radius 1 is 1.33 bits per heavy atom. The Balaban J connectivity index is 0.000000243. The minimum atomic E-state index is 0.120. The Bertz CT molecular complexity index is 555. The molecule has 1 unspecified atom stereocenters. The first kappa shape index (κ1) is 20.6. The quantitative estimate of drug-likeness (QED) is 0.764. The number of ketones is 1. The van der Waals surface area contributed by atoms with Crippen LogP contribution in [0.3, 0.4) is 0 Å². The van der Waals surface area contributed by atoms with Gasteiger partial charge in [-0.15, -0.1) is 0 Å². The zero-order chi connectivity index (χ0) is 18.1. The molecule has 1 aliphatic rings. The molecule has 3 N–H and O–H groups in total. The van der Waals surface area contributed by atoms with E-state index >= 15 is 0 Å². The van der Waals surface area contributed by atoms with Crippen LogP contribution in [0, 0.1) is 0 Å². The summed E-state index contributed by atoms with van der Waals surface area (Å²) in [6.07, 6.45) is 3.70. The molecule has 0 radical (unpaired) electrons. The largest absolute Gasteiger partial charge is 0.399 e. The molecule has 134 valence electrons. The van der Waals surface area contributed by atoms with Crippen molar-refractivity contribution in [1.29, 1.82) is 0 Å². The number of aryl methyl sites for hydroxylation is 1. The molecule has 2 rings (SSSR count). The molecule has 0 bridgehead atoms. The maximum atomic E-state index is 11.2. The number of Topliss-reactive ketones (excluding diaryl/α,β-unsaturated/α-hetero) is 1. The standard InChI is InChI=1S/C10H15N.C9H15NO2S/c1-2-3-4-9-5-7-10(11)8-6-9;1-6-9(7(2)12)13-8(3)10(6)4-5-11/h5-8H,2-4,11H2,1H3;8,11H,4-5H2,1-3H3. The van der Waals surface area contributed by atoms with E-state index in [4.69, 9.17) is 10.8 Å². The van der Waals surface area contributed by atoms with E-state index in [1.165, 1.54) is 24.8 Å². The maximum Gasteiger partial charge on any atom is 0.167 e. The zero-order valence-corrected chi connectivity index (χ0v) is 16.0. The highest BCUT2D eigenvalue weighted by Gasteiger charge is 2.28. The van der Waals surface area contributed by atoms with Crippen molar-refractivity contribution in [1.82, 2.24) is 4.90 Å². The van der Waals surface area contributed by atoms with Gasteiger partial charge in [0.05, 0.1) is 16.9 Å². The van der Waals surface area contributed by atoms with Gasteiger partial charge in [0, 0.05) is 17.9 Å². The molecule has 0 aliphatic carbocycles. The van der Waals surface area contributed by atoms with Gasteiger partial charge in [-0.1, -0.05) is 37.2 Å². The number of hydrogen-bond acceptors (Lipinski definition) is 5. The second-order valence-electron chi connectivity index (χ2n) is 5.95.